The number of carbonyl (C=O) groups is 1. The fourth-order valence-corrected chi connectivity index (χ4v) is 5.27. The van der Waals surface area contributed by atoms with Gasteiger partial charge in [-0.1, -0.05) is 13.8 Å². The molecule has 2 saturated heterocycles. The molecule has 5 aliphatic rings. The molecule has 5 fully saturated rings. The first kappa shape index (κ1) is 11.3. The van der Waals surface area contributed by atoms with Crippen LogP contribution in [-0.2, 0) is 9.53 Å². The quantitative estimate of drug-likeness (QED) is 0.613. The van der Waals surface area contributed by atoms with Crippen LogP contribution in [0.2, 0.25) is 0 Å². The van der Waals surface area contributed by atoms with Crippen molar-refractivity contribution >= 4 is 5.97 Å². The van der Waals surface area contributed by atoms with Gasteiger partial charge in [0.2, 0.25) is 0 Å². The summed E-state index contributed by atoms with van der Waals surface area (Å²) < 4.78 is 6.02. The summed E-state index contributed by atoms with van der Waals surface area (Å²) >= 11 is 0. The molecule has 2 aliphatic heterocycles. The Bertz CT molecular complexity index is 398. The molecule has 2 bridgehead atoms. The molecule has 0 aromatic heterocycles. The van der Waals surface area contributed by atoms with Gasteiger partial charge in [-0.2, -0.15) is 0 Å². The normalized spacial score (nSPS) is 52.7. The number of fused-ring (bicyclic) bond motifs is 2. The molecule has 0 radical (unpaired) electrons. The molecular formula is C16H24O2. The maximum Gasteiger partial charge on any atom is 0.309 e. The van der Waals surface area contributed by atoms with E-state index >= 15 is 0 Å². The van der Waals surface area contributed by atoms with Crippen molar-refractivity contribution in [3.8, 4) is 0 Å². The molecule has 0 unspecified atom stereocenters. The van der Waals surface area contributed by atoms with Crippen LogP contribution >= 0.6 is 0 Å². The van der Waals surface area contributed by atoms with E-state index in [2.05, 4.69) is 13.8 Å². The second kappa shape index (κ2) is 3.32. The van der Waals surface area contributed by atoms with Crippen LogP contribution in [0.1, 0.15) is 58.8 Å². The molecule has 2 nitrogen and oxygen atoms in total. The van der Waals surface area contributed by atoms with Crippen LogP contribution < -0.4 is 0 Å². The Morgan fingerprint density at radius 3 is 2.50 bits per heavy atom. The smallest absolute Gasteiger partial charge is 0.309 e. The Kier molecular flexibility index (Phi) is 2.08. The third-order valence-corrected chi connectivity index (χ3v) is 6.61. The van der Waals surface area contributed by atoms with Crippen LogP contribution in [0, 0.1) is 29.1 Å². The number of esters is 1. The van der Waals surface area contributed by atoms with Gasteiger partial charge in [0.15, 0.2) is 0 Å². The number of hydrogen-bond donors (Lipinski definition) is 0. The molecule has 2 heterocycles. The van der Waals surface area contributed by atoms with Crippen LogP contribution in [0.25, 0.3) is 0 Å². The fourth-order valence-electron chi connectivity index (χ4n) is 5.27. The topological polar surface area (TPSA) is 26.3 Å². The highest BCUT2D eigenvalue weighted by Crippen LogP contribution is 2.65. The average Bonchev–Trinajstić information content (AvgIpc) is 3.02. The highest BCUT2D eigenvalue weighted by molar-refractivity contribution is 5.74. The van der Waals surface area contributed by atoms with Gasteiger partial charge in [0.25, 0.3) is 0 Å². The highest BCUT2D eigenvalue weighted by Gasteiger charge is 2.62. The summed E-state index contributed by atoms with van der Waals surface area (Å²) in [5.41, 5.74) is 0.468. The van der Waals surface area contributed by atoms with Gasteiger partial charge < -0.3 is 4.74 Å². The molecule has 0 N–H and O–H groups in total. The second-order valence-electron chi connectivity index (χ2n) is 7.80. The van der Waals surface area contributed by atoms with E-state index in [1.807, 2.05) is 0 Å². The molecule has 2 spiro atoms. The molecule has 5 rings (SSSR count). The number of rotatable bonds is 0. The highest BCUT2D eigenvalue weighted by atomic mass is 16.6. The summed E-state index contributed by atoms with van der Waals surface area (Å²) in [6, 6.07) is 0. The van der Waals surface area contributed by atoms with E-state index in [4.69, 9.17) is 4.74 Å². The predicted octanol–water partition coefficient (Wildman–Crippen LogP) is 3.54. The number of hydrogen-bond acceptors (Lipinski definition) is 2. The van der Waals surface area contributed by atoms with E-state index in [0.29, 0.717) is 17.3 Å². The van der Waals surface area contributed by atoms with E-state index in [9.17, 15) is 4.79 Å². The zero-order valence-electron chi connectivity index (χ0n) is 11.6. The third-order valence-electron chi connectivity index (χ3n) is 6.61. The molecule has 5 atom stereocenters. The Labute approximate surface area is 109 Å². The van der Waals surface area contributed by atoms with Gasteiger partial charge in [-0.15, -0.1) is 0 Å². The molecule has 100 valence electrons. The van der Waals surface area contributed by atoms with Gasteiger partial charge in [0.05, 0.1) is 5.92 Å². The van der Waals surface area contributed by atoms with Gasteiger partial charge in [0.1, 0.15) is 5.60 Å². The van der Waals surface area contributed by atoms with E-state index in [0.717, 1.165) is 25.2 Å². The van der Waals surface area contributed by atoms with Crippen LogP contribution in [0.5, 0.6) is 0 Å². The van der Waals surface area contributed by atoms with E-state index < -0.39 is 0 Å². The summed E-state index contributed by atoms with van der Waals surface area (Å²) in [5.74, 6) is 2.27. The van der Waals surface area contributed by atoms with Crippen molar-refractivity contribution in [1.82, 2.24) is 0 Å². The Morgan fingerprint density at radius 1 is 1.06 bits per heavy atom. The summed E-state index contributed by atoms with van der Waals surface area (Å²) in [4.78, 5) is 12.4. The third kappa shape index (κ3) is 1.38. The zero-order valence-corrected chi connectivity index (χ0v) is 11.6. The van der Waals surface area contributed by atoms with Gasteiger partial charge in [0, 0.05) is 5.92 Å². The van der Waals surface area contributed by atoms with Crippen LogP contribution in [0.3, 0.4) is 0 Å². The predicted molar refractivity (Wildman–Crippen MR) is 68.9 cm³/mol. The molecule has 0 amide bonds. The number of carbonyl (C=O) groups excluding carboxylic acids is 1. The lowest BCUT2D eigenvalue weighted by Gasteiger charge is -2.49. The Balaban J connectivity index is 1.77. The fraction of sp³-hybridized carbons (Fsp3) is 0.938. The van der Waals surface area contributed by atoms with Crippen molar-refractivity contribution in [3.05, 3.63) is 0 Å². The minimum atomic E-state index is -0.0670. The van der Waals surface area contributed by atoms with Crippen molar-refractivity contribution in [2.75, 3.05) is 0 Å². The Hall–Kier alpha value is -0.530. The average molecular weight is 248 g/mol. The first-order valence-corrected chi connectivity index (χ1v) is 7.77. The molecule has 3 aliphatic carbocycles. The summed E-state index contributed by atoms with van der Waals surface area (Å²) in [5, 5.41) is 0. The monoisotopic (exact) mass is 248 g/mol. The minimum Gasteiger partial charge on any atom is -0.459 e. The lowest BCUT2D eigenvalue weighted by molar-refractivity contribution is -0.195. The first-order chi connectivity index (χ1) is 8.54. The molecule has 2 heteroatoms. The van der Waals surface area contributed by atoms with Crippen LogP contribution in [0.4, 0.5) is 0 Å². The van der Waals surface area contributed by atoms with E-state index in [1.54, 1.807) is 0 Å². The van der Waals surface area contributed by atoms with Gasteiger partial charge in [-0.3, -0.25) is 4.79 Å². The number of ether oxygens (including phenoxy) is 1. The summed E-state index contributed by atoms with van der Waals surface area (Å²) in [6.07, 6.45) is 8.69. The van der Waals surface area contributed by atoms with Crippen LogP contribution in [0.15, 0.2) is 0 Å². The van der Waals surface area contributed by atoms with Gasteiger partial charge in [-0.05, 0) is 62.2 Å². The maximum atomic E-state index is 12.4. The van der Waals surface area contributed by atoms with E-state index in [1.165, 1.54) is 25.7 Å². The maximum absolute atomic E-state index is 12.4. The van der Waals surface area contributed by atoms with Crippen molar-refractivity contribution in [3.63, 3.8) is 0 Å². The van der Waals surface area contributed by atoms with Crippen molar-refractivity contribution in [2.45, 2.75) is 64.4 Å². The standard InChI is InChI=1S/C16H24O2/c1-10-3-4-16-7-11(2)12(14(17)18-16)8-15(5-6-15)9-13(10)16/h10-13H,3-9H2,1-2H3/t10-,11-,12+,13+,16+/m1/s1. The van der Waals surface area contributed by atoms with Crippen molar-refractivity contribution < 1.29 is 9.53 Å². The largest absolute Gasteiger partial charge is 0.459 e. The second-order valence-corrected chi connectivity index (χ2v) is 7.80. The molecule has 0 aromatic carbocycles. The van der Waals surface area contributed by atoms with E-state index in [-0.39, 0.29) is 17.5 Å². The molecule has 3 saturated carbocycles. The molecule has 18 heavy (non-hydrogen) atoms. The van der Waals surface area contributed by atoms with Crippen molar-refractivity contribution in [1.29, 1.82) is 0 Å². The van der Waals surface area contributed by atoms with Crippen LogP contribution in [-0.4, -0.2) is 11.6 Å². The molecule has 0 aromatic rings. The zero-order chi connectivity index (χ0) is 12.5. The lowest BCUT2D eigenvalue weighted by atomic mass is 9.64. The molecular weight excluding hydrogens is 224 g/mol. The first-order valence-electron chi connectivity index (χ1n) is 7.77. The minimum absolute atomic E-state index is 0.0670. The lowest BCUT2D eigenvalue weighted by Crippen LogP contribution is -2.52. The van der Waals surface area contributed by atoms with Gasteiger partial charge >= 0.3 is 5.97 Å². The SMILES string of the molecule is C[C@@H]1C[C@@]23CC[C@@H](C)[C@@H]2CC2(CC2)C[C@@H]1C(=O)O3. The van der Waals surface area contributed by atoms with Gasteiger partial charge in [-0.25, -0.2) is 0 Å². The van der Waals surface area contributed by atoms with Crippen molar-refractivity contribution in [2.24, 2.45) is 29.1 Å². The summed E-state index contributed by atoms with van der Waals surface area (Å²) in [7, 11) is 0. The Morgan fingerprint density at radius 2 is 1.83 bits per heavy atom. The summed E-state index contributed by atoms with van der Waals surface area (Å²) in [6.45, 7) is 4.66.